The fourth-order valence-corrected chi connectivity index (χ4v) is 4.42. The zero-order valence-corrected chi connectivity index (χ0v) is 13.5. The Morgan fingerprint density at radius 2 is 1.90 bits per heavy atom. The molecule has 1 amide bonds. The van der Waals surface area contributed by atoms with Gasteiger partial charge in [-0.2, -0.15) is 4.31 Å². The number of benzene rings is 1. The average Bonchev–Trinajstić information content (AvgIpc) is 2.40. The third kappa shape index (κ3) is 3.63. The molecule has 0 aromatic heterocycles. The minimum Gasteiger partial charge on any atom is -0.353 e. The maximum absolute atomic E-state index is 12.6. The van der Waals surface area contributed by atoms with Crippen LogP contribution >= 0.6 is 0 Å². The summed E-state index contributed by atoms with van der Waals surface area (Å²) in [5.74, 6) is -0.328. The van der Waals surface area contributed by atoms with Gasteiger partial charge >= 0.3 is 0 Å². The van der Waals surface area contributed by atoms with Gasteiger partial charge in [0.15, 0.2) is 0 Å². The lowest BCUT2D eigenvalue weighted by molar-refractivity contribution is -0.128. The van der Waals surface area contributed by atoms with Crippen LogP contribution in [0.3, 0.4) is 0 Å². The Hall–Kier alpha value is -1.40. The molecule has 1 N–H and O–H groups in total. The quantitative estimate of drug-likeness (QED) is 0.911. The Bertz CT molecular complexity index is 608. The van der Waals surface area contributed by atoms with E-state index in [1.807, 2.05) is 45.0 Å². The zero-order chi connectivity index (χ0) is 15.6. The van der Waals surface area contributed by atoms with Crippen molar-refractivity contribution < 1.29 is 13.2 Å². The summed E-state index contributed by atoms with van der Waals surface area (Å²) in [6, 6.07) is 6.82. The standard InChI is InChI=1S/C15H22N2O3S/c1-11(2)14-15(18)16-8-9-17(14)21(19,20)10-13-6-4-12(3)5-7-13/h4-7,11,14H,8-10H2,1-3H3,(H,16,18). The molecule has 1 aromatic carbocycles. The Labute approximate surface area is 126 Å². The maximum atomic E-state index is 12.6. The van der Waals surface area contributed by atoms with E-state index in [9.17, 15) is 13.2 Å². The molecule has 116 valence electrons. The number of piperazine rings is 1. The summed E-state index contributed by atoms with van der Waals surface area (Å²) in [7, 11) is -3.50. The molecule has 1 aliphatic heterocycles. The van der Waals surface area contributed by atoms with Gasteiger partial charge in [-0.05, 0) is 18.4 Å². The highest BCUT2D eigenvalue weighted by Crippen LogP contribution is 2.21. The van der Waals surface area contributed by atoms with Crippen LogP contribution in [0.5, 0.6) is 0 Å². The lowest BCUT2D eigenvalue weighted by Crippen LogP contribution is -2.59. The Balaban J connectivity index is 2.24. The molecule has 6 heteroatoms. The van der Waals surface area contributed by atoms with Crippen molar-refractivity contribution >= 4 is 15.9 Å². The number of carbonyl (C=O) groups is 1. The minimum absolute atomic E-state index is 0.0573. The van der Waals surface area contributed by atoms with Crippen LogP contribution in [-0.2, 0) is 20.6 Å². The van der Waals surface area contributed by atoms with Gasteiger partial charge in [0.25, 0.3) is 0 Å². The van der Waals surface area contributed by atoms with Gasteiger partial charge in [0, 0.05) is 13.1 Å². The number of hydrogen-bond donors (Lipinski definition) is 1. The van der Waals surface area contributed by atoms with Gasteiger partial charge in [0.05, 0.1) is 5.75 Å². The van der Waals surface area contributed by atoms with Crippen LogP contribution < -0.4 is 5.32 Å². The van der Waals surface area contributed by atoms with E-state index in [4.69, 9.17) is 0 Å². The highest BCUT2D eigenvalue weighted by molar-refractivity contribution is 7.88. The molecule has 0 aliphatic carbocycles. The van der Waals surface area contributed by atoms with E-state index in [0.29, 0.717) is 13.1 Å². The van der Waals surface area contributed by atoms with E-state index in [1.54, 1.807) is 0 Å². The predicted molar refractivity (Wildman–Crippen MR) is 82.1 cm³/mol. The first-order valence-electron chi connectivity index (χ1n) is 7.14. The first-order valence-corrected chi connectivity index (χ1v) is 8.75. The molecule has 5 nitrogen and oxygen atoms in total. The van der Waals surface area contributed by atoms with Gasteiger partial charge < -0.3 is 5.32 Å². The van der Waals surface area contributed by atoms with Gasteiger partial charge in [-0.3, -0.25) is 4.79 Å². The predicted octanol–water partition coefficient (Wildman–Crippen LogP) is 1.28. The van der Waals surface area contributed by atoms with E-state index in [1.165, 1.54) is 4.31 Å². The van der Waals surface area contributed by atoms with Crippen molar-refractivity contribution in [1.82, 2.24) is 9.62 Å². The molecule has 0 bridgehead atoms. The largest absolute Gasteiger partial charge is 0.353 e. The summed E-state index contributed by atoms with van der Waals surface area (Å²) in [6.45, 7) is 6.40. The lowest BCUT2D eigenvalue weighted by Gasteiger charge is -2.36. The van der Waals surface area contributed by atoms with Gasteiger partial charge in [0.2, 0.25) is 15.9 Å². The second-order valence-electron chi connectivity index (χ2n) is 5.83. The van der Waals surface area contributed by atoms with Crippen molar-refractivity contribution in [1.29, 1.82) is 0 Å². The SMILES string of the molecule is Cc1ccc(CS(=O)(=O)N2CCNC(=O)C2C(C)C)cc1. The van der Waals surface area contributed by atoms with Crippen LogP contribution in [0.2, 0.25) is 0 Å². The molecule has 1 heterocycles. The Kier molecular flexibility index (Phi) is 4.68. The van der Waals surface area contributed by atoms with Crippen molar-refractivity contribution in [3.63, 3.8) is 0 Å². The van der Waals surface area contributed by atoms with E-state index in [2.05, 4.69) is 5.32 Å². The molecule has 1 saturated heterocycles. The van der Waals surface area contributed by atoms with Crippen molar-refractivity contribution in [3.05, 3.63) is 35.4 Å². The number of hydrogen-bond acceptors (Lipinski definition) is 3. The normalized spacial score (nSPS) is 20.6. The van der Waals surface area contributed by atoms with Crippen molar-refractivity contribution in [2.75, 3.05) is 13.1 Å². The first kappa shape index (κ1) is 16.0. The summed E-state index contributed by atoms with van der Waals surface area (Å²) in [5.41, 5.74) is 1.84. The monoisotopic (exact) mass is 310 g/mol. The van der Waals surface area contributed by atoms with Crippen LogP contribution in [-0.4, -0.2) is 37.8 Å². The van der Waals surface area contributed by atoms with Crippen molar-refractivity contribution in [2.45, 2.75) is 32.6 Å². The van der Waals surface area contributed by atoms with Crippen LogP contribution in [0.15, 0.2) is 24.3 Å². The number of amides is 1. The number of nitrogens with zero attached hydrogens (tertiary/aromatic N) is 1. The third-order valence-electron chi connectivity index (χ3n) is 3.67. The number of rotatable bonds is 4. The van der Waals surface area contributed by atoms with Gasteiger partial charge in [0.1, 0.15) is 6.04 Å². The fraction of sp³-hybridized carbons (Fsp3) is 0.533. The average molecular weight is 310 g/mol. The number of nitrogens with one attached hydrogen (secondary N) is 1. The van der Waals surface area contributed by atoms with E-state index in [0.717, 1.165) is 11.1 Å². The summed E-state index contributed by atoms with van der Waals surface area (Å²) >= 11 is 0. The summed E-state index contributed by atoms with van der Waals surface area (Å²) < 4.78 is 26.7. The molecule has 0 saturated carbocycles. The number of sulfonamides is 1. The molecule has 0 radical (unpaired) electrons. The van der Waals surface area contributed by atoms with Crippen LogP contribution in [0.4, 0.5) is 0 Å². The summed E-state index contributed by atoms with van der Waals surface area (Å²) in [5, 5.41) is 2.74. The molecule has 1 aliphatic rings. The Morgan fingerprint density at radius 1 is 1.29 bits per heavy atom. The van der Waals surface area contributed by atoms with Crippen LogP contribution in [0.1, 0.15) is 25.0 Å². The molecule has 1 atom stereocenters. The van der Waals surface area contributed by atoms with Crippen molar-refractivity contribution in [3.8, 4) is 0 Å². The number of aryl methyl sites for hydroxylation is 1. The summed E-state index contributed by atoms with van der Waals surface area (Å²) in [6.07, 6.45) is 0. The highest BCUT2D eigenvalue weighted by atomic mass is 32.2. The van der Waals surface area contributed by atoms with Gasteiger partial charge in [-0.15, -0.1) is 0 Å². The third-order valence-corrected chi connectivity index (χ3v) is 5.49. The topological polar surface area (TPSA) is 66.5 Å². The number of carbonyl (C=O) groups excluding carboxylic acids is 1. The molecule has 1 aromatic rings. The molecular weight excluding hydrogens is 288 g/mol. The minimum atomic E-state index is -3.50. The smallest absolute Gasteiger partial charge is 0.238 e. The molecule has 2 rings (SSSR count). The first-order chi connectivity index (χ1) is 9.81. The molecule has 0 spiro atoms. The fourth-order valence-electron chi connectivity index (χ4n) is 2.59. The molecular formula is C15H22N2O3S. The summed E-state index contributed by atoms with van der Waals surface area (Å²) in [4.78, 5) is 12.0. The Morgan fingerprint density at radius 3 is 2.48 bits per heavy atom. The van der Waals surface area contributed by atoms with Crippen LogP contribution in [0, 0.1) is 12.8 Å². The second-order valence-corrected chi connectivity index (χ2v) is 7.75. The molecule has 1 fully saturated rings. The van der Waals surface area contributed by atoms with E-state index < -0.39 is 16.1 Å². The van der Waals surface area contributed by atoms with E-state index in [-0.39, 0.29) is 17.6 Å². The van der Waals surface area contributed by atoms with Gasteiger partial charge in [-0.1, -0.05) is 43.7 Å². The zero-order valence-electron chi connectivity index (χ0n) is 12.7. The maximum Gasteiger partial charge on any atom is 0.238 e. The molecule has 21 heavy (non-hydrogen) atoms. The highest BCUT2D eigenvalue weighted by Gasteiger charge is 2.39. The lowest BCUT2D eigenvalue weighted by atomic mass is 10.0. The van der Waals surface area contributed by atoms with Crippen molar-refractivity contribution in [2.24, 2.45) is 5.92 Å². The van der Waals surface area contributed by atoms with Crippen LogP contribution in [0.25, 0.3) is 0 Å². The van der Waals surface area contributed by atoms with E-state index >= 15 is 0 Å². The second kappa shape index (κ2) is 6.15. The molecule has 1 unspecified atom stereocenters. The van der Waals surface area contributed by atoms with Gasteiger partial charge in [-0.25, -0.2) is 8.42 Å².